The Hall–Kier alpha value is -2.47. The minimum absolute atomic E-state index is 0.394. The Bertz CT molecular complexity index is 886. The van der Waals surface area contributed by atoms with Crippen molar-refractivity contribution in [3.8, 4) is 6.07 Å². The number of nitriles is 1. The number of fused-ring (bicyclic) bond motifs is 2. The first kappa shape index (κ1) is 13.2. The number of nitrogens with zero attached hydrogens (tertiary/aromatic N) is 3. The minimum atomic E-state index is -0.394. The van der Waals surface area contributed by atoms with Crippen molar-refractivity contribution in [2.75, 3.05) is 0 Å². The zero-order valence-electron chi connectivity index (χ0n) is 12.4. The maximum Gasteiger partial charge on any atom is 0.0942 e. The van der Waals surface area contributed by atoms with E-state index in [9.17, 15) is 5.26 Å². The maximum absolute atomic E-state index is 9.87. The summed E-state index contributed by atoms with van der Waals surface area (Å²) in [5.74, 6) is 0. The maximum atomic E-state index is 9.87. The summed E-state index contributed by atoms with van der Waals surface area (Å²) in [6.45, 7) is 0. The highest BCUT2D eigenvalue weighted by molar-refractivity contribution is 5.88. The van der Waals surface area contributed by atoms with Crippen LogP contribution in [0.2, 0.25) is 0 Å². The largest absolute Gasteiger partial charge is 0.244 e. The molecule has 1 aliphatic carbocycles. The highest BCUT2D eigenvalue weighted by Crippen LogP contribution is 2.41. The second-order valence-electron chi connectivity index (χ2n) is 6.14. The van der Waals surface area contributed by atoms with Crippen molar-refractivity contribution in [1.82, 2.24) is 9.97 Å². The van der Waals surface area contributed by atoms with Gasteiger partial charge >= 0.3 is 0 Å². The third kappa shape index (κ3) is 1.95. The fourth-order valence-corrected chi connectivity index (χ4v) is 3.63. The van der Waals surface area contributed by atoms with Crippen LogP contribution in [-0.4, -0.2) is 9.97 Å². The van der Waals surface area contributed by atoms with Gasteiger partial charge in [-0.1, -0.05) is 43.5 Å². The van der Waals surface area contributed by atoms with Crippen molar-refractivity contribution in [1.29, 1.82) is 5.26 Å². The molecule has 1 saturated carbocycles. The Morgan fingerprint density at radius 1 is 0.818 bits per heavy atom. The van der Waals surface area contributed by atoms with E-state index >= 15 is 0 Å². The molecule has 1 fully saturated rings. The van der Waals surface area contributed by atoms with Gasteiger partial charge in [-0.2, -0.15) is 5.26 Å². The average molecular weight is 287 g/mol. The van der Waals surface area contributed by atoms with Crippen molar-refractivity contribution in [2.45, 2.75) is 37.5 Å². The predicted octanol–water partition coefficient (Wildman–Crippen LogP) is 4.51. The molecule has 3 aromatic rings. The summed E-state index contributed by atoms with van der Waals surface area (Å²) in [6.07, 6.45) is 5.31. The molecular weight excluding hydrogens is 270 g/mol. The first-order valence-electron chi connectivity index (χ1n) is 7.90. The van der Waals surface area contributed by atoms with Gasteiger partial charge < -0.3 is 0 Å². The monoisotopic (exact) mass is 287 g/mol. The van der Waals surface area contributed by atoms with Gasteiger partial charge in [0.25, 0.3) is 0 Å². The Morgan fingerprint density at radius 3 is 2.23 bits per heavy atom. The molecule has 4 rings (SSSR count). The minimum Gasteiger partial charge on any atom is -0.244 e. The highest BCUT2D eigenvalue weighted by atomic mass is 14.8. The van der Waals surface area contributed by atoms with Gasteiger partial charge in [-0.25, -0.2) is 9.97 Å². The molecule has 1 aliphatic rings. The van der Waals surface area contributed by atoms with Crippen LogP contribution in [0, 0.1) is 11.3 Å². The lowest BCUT2D eigenvalue weighted by Gasteiger charge is -2.31. The molecule has 2 aromatic carbocycles. The van der Waals surface area contributed by atoms with Crippen LogP contribution in [0.3, 0.4) is 0 Å². The van der Waals surface area contributed by atoms with E-state index in [1.54, 1.807) is 0 Å². The number of hydrogen-bond acceptors (Lipinski definition) is 3. The van der Waals surface area contributed by atoms with Gasteiger partial charge in [0.15, 0.2) is 0 Å². The van der Waals surface area contributed by atoms with E-state index in [4.69, 9.17) is 9.97 Å². The van der Waals surface area contributed by atoms with Gasteiger partial charge in [-0.05, 0) is 31.0 Å². The first-order valence-corrected chi connectivity index (χ1v) is 7.90. The lowest BCUT2D eigenvalue weighted by molar-refractivity contribution is 0.368. The summed E-state index contributed by atoms with van der Waals surface area (Å²) >= 11 is 0. The molecule has 0 bridgehead atoms. The molecule has 1 heterocycles. The van der Waals surface area contributed by atoms with Crippen LogP contribution in [0.25, 0.3) is 22.1 Å². The molecule has 3 nitrogen and oxygen atoms in total. The van der Waals surface area contributed by atoms with Crippen molar-refractivity contribution in [2.24, 2.45) is 0 Å². The molecule has 0 saturated heterocycles. The van der Waals surface area contributed by atoms with Crippen molar-refractivity contribution in [3.05, 3.63) is 48.0 Å². The quantitative estimate of drug-likeness (QED) is 0.619. The van der Waals surface area contributed by atoms with Crippen LogP contribution in [0.4, 0.5) is 0 Å². The van der Waals surface area contributed by atoms with E-state index in [1.165, 1.54) is 6.42 Å². The van der Waals surface area contributed by atoms with Crippen molar-refractivity contribution >= 4 is 22.1 Å². The number of benzene rings is 2. The molecule has 108 valence electrons. The van der Waals surface area contributed by atoms with E-state index in [2.05, 4.69) is 12.1 Å². The molecule has 0 aliphatic heterocycles. The van der Waals surface area contributed by atoms with Crippen LogP contribution in [-0.2, 0) is 5.41 Å². The zero-order chi connectivity index (χ0) is 15.0. The van der Waals surface area contributed by atoms with Crippen molar-refractivity contribution in [3.63, 3.8) is 0 Å². The van der Waals surface area contributed by atoms with Gasteiger partial charge in [0.05, 0.1) is 33.6 Å². The second-order valence-corrected chi connectivity index (χ2v) is 6.14. The molecule has 1 aromatic heterocycles. The molecule has 0 amide bonds. The topological polar surface area (TPSA) is 49.6 Å². The van der Waals surface area contributed by atoms with Gasteiger partial charge in [0.1, 0.15) is 0 Å². The summed E-state index contributed by atoms with van der Waals surface area (Å²) in [5.41, 5.74) is 4.24. The normalized spacial score (nSPS) is 17.4. The summed E-state index contributed by atoms with van der Waals surface area (Å²) in [5, 5.41) is 9.87. The smallest absolute Gasteiger partial charge is 0.0942 e. The standard InChI is InChI=1S/C19H17N3/c20-13-19(11-4-1-5-12-19)14-7-6-10-17-18(14)22-16-9-3-2-8-15(16)21-17/h2-3,6-10H,1,4-5,11-12H2. The van der Waals surface area contributed by atoms with Gasteiger partial charge in [-0.3, -0.25) is 0 Å². The first-order chi connectivity index (χ1) is 10.8. The van der Waals surface area contributed by atoms with E-state index < -0.39 is 5.41 Å². The van der Waals surface area contributed by atoms with Crippen LogP contribution in [0.1, 0.15) is 37.7 Å². The van der Waals surface area contributed by atoms with E-state index in [0.29, 0.717) is 0 Å². The summed E-state index contributed by atoms with van der Waals surface area (Å²) < 4.78 is 0. The molecular formula is C19H17N3. The zero-order valence-corrected chi connectivity index (χ0v) is 12.4. The number of hydrogen-bond donors (Lipinski definition) is 0. The molecule has 22 heavy (non-hydrogen) atoms. The predicted molar refractivity (Wildman–Crippen MR) is 87.4 cm³/mol. The molecule has 0 radical (unpaired) electrons. The number of aromatic nitrogens is 2. The van der Waals surface area contributed by atoms with Crippen LogP contribution < -0.4 is 0 Å². The fourth-order valence-electron chi connectivity index (χ4n) is 3.63. The highest BCUT2D eigenvalue weighted by Gasteiger charge is 2.35. The SMILES string of the molecule is N#CC1(c2cccc3nc4ccccc4nc23)CCCCC1. The number of rotatable bonds is 1. The van der Waals surface area contributed by atoms with Gasteiger partial charge in [-0.15, -0.1) is 0 Å². The Kier molecular flexibility index (Phi) is 3.04. The van der Waals surface area contributed by atoms with Gasteiger partial charge in [0, 0.05) is 5.56 Å². The third-order valence-electron chi connectivity index (χ3n) is 4.81. The summed E-state index contributed by atoms with van der Waals surface area (Å²) in [6, 6.07) is 16.6. The Balaban J connectivity index is 2.01. The Morgan fingerprint density at radius 2 is 1.50 bits per heavy atom. The average Bonchev–Trinajstić information content (AvgIpc) is 2.60. The third-order valence-corrected chi connectivity index (χ3v) is 4.81. The fraction of sp³-hybridized carbons (Fsp3) is 0.316. The summed E-state index contributed by atoms with van der Waals surface area (Å²) in [4.78, 5) is 9.56. The molecule has 0 atom stereocenters. The van der Waals surface area contributed by atoms with Crippen molar-refractivity contribution < 1.29 is 0 Å². The molecule has 0 N–H and O–H groups in total. The molecule has 0 spiro atoms. The number of para-hydroxylation sites is 3. The van der Waals surface area contributed by atoms with E-state index in [-0.39, 0.29) is 0 Å². The lowest BCUT2D eigenvalue weighted by atomic mass is 9.70. The van der Waals surface area contributed by atoms with E-state index in [0.717, 1.165) is 53.3 Å². The van der Waals surface area contributed by atoms with Gasteiger partial charge in [0.2, 0.25) is 0 Å². The van der Waals surface area contributed by atoms with Crippen LogP contribution in [0.15, 0.2) is 42.5 Å². The van der Waals surface area contributed by atoms with E-state index in [1.807, 2.05) is 36.4 Å². The molecule has 3 heteroatoms. The lowest BCUT2D eigenvalue weighted by Crippen LogP contribution is -2.27. The second kappa shape index (κ2) is 5.06. The van der Waals surface area contributed by atoms with Crippen LogP contribution in [0.5, 0.6) is 0 Å². The summed E-state index contributed by atoms with van der Waals surface area (Å²) in [7, 11) is 0. The molecule has 0 unspecified atom stereocenters. The Labute approximate surface area is 129 Å². The van der Waals surface area contributed by atoms with Crippen LogP contribution >= 0.6 is 0 Å².